The molecule has 0 fully saturated rings. The van der Waals surface area contributed by atoms with Gasteiger partial charge >= 0.3 is 0 Å². The lowest BCUT2D eigenvalue weighted by molar-refractivity contribution is 0.449. The highest BCUT2D eigenvalue weighted by Gasteiger charge is 1.99. The van der Waals surface area contributed by atoms with Gasteiger partial charge in [0.1, 0.15) is 11.5 Å². The first-order valence-electron chi connectivity index (χ1n) is 11.0. The predicted molar refractivity (Wildman–Crippen MR) is 117 cm³/mol. The largest absolute Gasteiger partial charge is 0.508 e. The van der Waals surface area contributed by atoms with Crippen molar-refractivity contribution >= 4 is 0 Å². The van der Waals surface area contributed by atoms with Crippen LogP contribution in [-0.4, -0.2) is 10.2 Å². The van der Waals surface area contributed by atoms with Crippen LogP contribution >= 0.6 is 0 Å². The first-order valence-corrected chi connectivity index (χ1v) is 11.0. The highest BCUT2D eigenvalue weighted by Crippen LogP contribution is 2.22. The standard InChI is InChI=1S/C25H40O2/c1-2-3-4-5-6-7-8-9-10-11-12-13-14-15-16-17-18-19-23-20-24(26)22-25(27)21-23/h6-7,9-10,20-22,26-27H,2-5,8,11-19H2,1H3/b7-6+,10-9+. The Bertz CT molecular complexity index is 511. The Balaban J connectivity index is 1.87. The van der Waals surface area contributed by atoms with Crippen molar-refractivity contribution in [3.05, 3.63) is 48.1 Å². The average molecular weight is 373 g/mol. The molecule has 0 bridgehead atoms. The SMILES string of the molecule is CCCCC/C=C/C/C=C/CCCCCCCCCc1cc(O)cc(O)c1. The van der Waals surface area contributed by atoms with Crippen molar-refractivity contribution in [2.45, 2.75) is 96.8 Å². The van der Waals surface area contributed by atoms with Crippen LogP contribution in [0, 0.1) is 0 Å². The highest BCUT2D eigenvalue weighted by atomic mass is 16.3. The molecular weight excluding hydrogens is 332 g/mol. The lowest BCUT2D eigenvalue weighted by Gasteiger charge is -2.04. The van der Waals surface area contributed by atoms with Crippen LogP contribution in [0.5, 0.6) is 11.5 Å². The topological polar surface area (TPSA) is 40.5 Å². The molecule has 0 unspecified atom stereocenters. The molecule has 0 radical (unpaired) electrons. The summed E-state index contributed by atoms with van der Waals surface area (Å²) >= 11 is 0. The third-order valence-corrected chi connectivity index (χ3v) is 4.88. The van der Waals surface area contributed by atoms with Crippen LogP contribution in [0.25, 0.3) is 0 Å². The maximum atomic E-state index is 9.47. The number of rotatable bonds is 16. The normalized spacial score (nSPS) is 11.7. The van der Waals surface area contributed by atoms with E-state index in [1.807, 2.05) is 0 Å². The van der Waals surface area contributed by atoms with E-state index in [1.165, 1.54) is 76.7 Å². The van der Waals surface area contributed by atoms with E-state index in [0.717, 1.165) is 24.8 Å². The van der Waals surface area contributed by atoms with E-state index in [0.29, 0.717) is 0 Å². The minimum atomic E-state index is 0.155. The molecule has 0 aromatic heterocycles. The molecule has 0 aliphatic rings. The molecule has 2 N–H and O–H groups in total. The summed E-state index contributed by atoms with van der Waals surface area (Å²) in [6.07, 6.45) is 26.6. The quantitative estimate of drug-likeness (QED) is 0.229. The van der Waals surface area contributed by atoms with Gasteiger partial charge in [0, 0.05) is 6.07 Å². The zero-order chi connectivity index (χ0) is 19.6. The Labute approximate surface area is 167 Å². The van der Waals surface area contributed by atoms with Gasteiger partial charge in [-0.1, -0.05) is 76.2 Å². The van der Waals surface area contributed by atoms with Crippen LogP contribution < -0.4 is 0 Å². The summed E-state index contributed by atoms with van der Waals surface area (Å²) < 4.78 is 0. The molecule has 0 saturated heterocycles. The minimum absolute atomic E-state index is 0.155. The number of benzene rings is 1. The van der Waals surface area contributed by atoms with Gasteiger partial charge in [-0.15, -0.1) is 0 Å². The van der Waals surface area contributed by atoms with Crippen LogP contribution in [0.4, 0.5) is 0 Å². The number of phenolic OH excluding ortho intramolecular Hbond substituents is 2. The zero-order valence-electron chi connectivity index (χ0n) is 17.3. The van der Waals surface area contributed by atoms with E-state index in [1.54, 1.807) is 12.1 Å². The average Bonchev–Trinajstić information content (AvgIpc) is 2.63. The fourth-order valence-electron chi connectivity index (χ4n) is 3.29. The number of hydrogen-bond donors (Lipinski definition) is 2. The zero-order valence-corrected chi connectivity index (χ0v) is 17.3. The fourth-order valence-corrected chi connectivity index (χ4v) is 3.29. The van der Waals surface area contributed by atoms with Crippen molar-refractivity contribution in [3.8, 4) is 11.5 Å². The van der Waals surface area contributed by atoms with Crippen molar-refractivity contribution < 1.29 is 10.2 Å². The number of aryl methyl sites for hydroxylation is 1. The van der Waals surface area contributed by atoms with Crippen LogP contribution in [0.2, 0.25) is 0 Å². The number of allylic oxidation sites excluding steroid dienone is 4. The Kier molecular flexibility index (Phi) is 14.2. The highest BCUT2D eigenvalue weighted by molar-refractivity contribution is 5.36. The van der Waals surface area contributed by atoms with E-state index in [-0.39, 0.29) is 11.5 Å². The monoisotopic (exact) mass is 372 g/mol. The van der Waals surface area contributed by atoms with Crippen LogP contribution in [-0.2, 0) is 6.42 Å². The minimum Gasteiger partial charge on any atom is -0.508 e. The maximum Gasteiger partial charge on any atom is 0.119 e. The van der Waals surface area contributed by atoms with Gasteiger partial charge in [0.2, 0.25) is 0 Å². The van der Waals surface area contributed by atoms with Gasteiger partial charge < -0.3 is 10.2 Å². The number of hydrogen-bond acceptors (Lipinski definition) is 2. The van der Waals surface area contributed by atoms with Gasteiger partial charge in [0.05, 0.1) is 0 Å². The predicted octanol–water partition coefficient (Wildman–Crippen LogP) is 7.84. The molecule has 0 atom stereocenters. The van der Waals surface area contributed by atoms with Crippen molar-refractivity contribution in [2.75, 3.05) is 0 Å². The molecule has 2 nitrogen and oxygen atoms in total. The van der Waals surface area contributed by atoms with Gasteiger partial charge in [-0.3, -0.25) is 0 Å². The van der Waals surface area contributed by atoms with Crippen molar-refractivity contribution in [3.63, 3.8) is 0 Å². The molecule has 1 aromatic rings. The van der Waals surface area contributed by atoms with Crippen molar-refractivity contribution in [1.29, 1.82) is 0 Å². The lowest BCUT2D eigenvalue weighted by Crippen LogP contribution is -1.86. The molecule has 2 heteroatoms. The molecule has 152 valence electrons. The number of unbranched alkanes of at least 4 members (excludes halogenated alkanes) is 10. The summed E-state index contributed by atoms with van der Waals surface area (Å²) in [6, 6.07) is 4.87. The third-order valence-electron chi connectivity index (χ3n) is 4.88. The van der Waals surface area contributed by atoms with Crippen LogP contribution in [0.15, 0.2) is 42.5 Å². The van der Waals surface area contributed by atoms with Gasteiger partial charge in [0.15, 0.2) is 0 Å². The molecule has 1 rings (SSSR count). The molecule has 27 heavy (non-hydrogen) atoms. The molecule has 0 amide bonds. The van der Waals surface area contributed by atoms with Crippen molar-refractivity contribution in [2.24, 2.45) is 0 Å². The first-order chi connectivity index (χ1) is 13.2. The summed E-state index contributed by atoms with van der Waals surface area (Å²) in [5.74, 6) is 0.309. The second-order valence-corrected chi connectivity index (χ2v) is 7.55. The summed E-state index contributed by atoms with van der Waals surface area (Å²) in [7, 11) is 0. The molecule has 1 aromatic carbocycles. The third kappa shape index (κ3) is 14.1. The molecule has 0 spiro atoms. The van der Waals surface area contributed by atoms with E-state index in [4.69, 9.17) is 0 Å². The summed E-state index contributed by atoms with van der Waals surface area (Å²) in [4.78, 5) is 0. The number of aromatic hydroxyl groups is 2. The van der Waals surface area contributed by atoms with Crippen molar-refractivity contribution in [1.82, 2.24) is 0 Å². The Hall–Kier alpha value is -1.70. The van der Waals surface area contributed by atoms with E-state index >= 15 is 0 Å². The molecule has 0 saturated carbocycles. The van der Waals surface area contributed by atoms with Gasteiger partial charge in [-0.25, -0.2) is 0 Å². The maximum absolute atomic E-state index is 9.47. The fraction of sp³-hybridized carbons (Fsp3) is 0.600. The first kappa shape index (κ1) is 23.3. The molecule has 0 aliphatic heterocycles. The van der Waals surface area contributed by atoms with E-state index in [9.17, 15) is 10.2 Å². The smallest absolute Gasteiger partial charge is 0.119 e. The van der Waals surface area contributed by atoms with Crippen LogP contribution in [0.1, 0.15) is 96.0 Å². The summed E-state index contributed by atoms with van der Waals surface area (Å²) in [5, 5.41) is 18.9. The van der Waals surface area contributed by atoms with Gasteiger partial charge in [0.25, 0.3) is 0 Å². The van der Waals surface area contributed by atoms with E-state index in [2.05, 4.69) is 31.2 Å². The number of phenols is 2. The summed E-state index contributed by atoms with van der Waals surface area (Å²) in [5.41, 5.74) is 1.02. The van der Waals surface area contributed by atoms with Crippen LogP contribution in [0.3, 0.4) is 0 Å². The molecule has 0 aliphatic carbocycles. The second-order valence-electron chi connectivity index (χ2n) is 7.55. The molecule has 0 heterocycles. The Morgan fingerprint density at radius 2 is 1.15 bits per heavy atom. The van der Waals surface area contributed by atoms with E-state index < -0.39 is 0 Å². The molecular formula is C25H40O2. The Morgan fingerprint density at radius 1 is 0.630 bits per heavy atom. The summed E-state index contributed by atoms with van der Waals surface area (Å²) in [6.45, 7) is 2.25. The Morgan fingerprint density at radius 3 is 1.74 bits per heavy atom. The second kappa shape index (κ2) is 16.5. The van der Waals surface area contributed by atoms with Gasteiger partial charge in [-0.2, -0.15) is 0 Å². The lowest BCUT2D eigenvalue weighted by atomic mass is 10.0. The van der Waals surface area contributed by atoms with Gasteiger partial charge in [-0.05, 0) is 62.6 Å².